The van der Waals surface area contributed by atoms with Crippen LogP contribution in [0.3, 0.4) is 0 Å². The number of morpholine rings is 1. The molecule has 5 rings (SSSR count). The van der Waals surface area contributed by atoms with Gasteiger partial charge >= 0.3 is 6.18 Å². The summed E-state index contributed by atoms with van der Waals surface area (Å²) in [7, 11) is 0. The highest BCUT2D eigenvalue weighted by Crippen LogP contribution is 2.50. The number of alkyl halides is 3. The molecule has 3 aromatic heterocycles. The van der Waals surface area contributed by atoms with E-state index in [1.54, 1.807) is 6.20 Å². The Morgan fingerprint density at radius 3 is 2.52 bits per heavy atom. The Kier molecular flexibility index (Phi) is 5.38. The number of aromatic nitrogens is 6. The van der Waals surface area contributed by atoms with Crippen molar-refractivity contribution in [1.82, 2.24) is 30.1 Å². The van der Waals surface area contributed by atoms with Crippen LogP contribution in [0.4, 0.5) is 19.1 Å². The highest BCUT2D eigenvalue weighted by Gasteiger charge is 2.49. The van der Waals surface area contributed by atoms with Gasteiger partial charge < -0.3 is 9.64 Å². The largest absolute Gasteiger partial charge is 0.391 e. The lowest BCUT2D eigenvalue weighted by Crippen LogP contribution is -2.40. The fourth-order valence-corrected chi connectivity index (χ4v) is 4.36. The van der Waals surface area contributed by atoms with Crippen molar-refractivity contribution >= 4 is 17.1 Å². The van der Waals surface area contributed by atoms with Gasteiger partial charge in [-0.15, -0.1) is 0 Å². The van der Waals surface area contributed by atoms with Crippen LogP contribution >= 0.6 is 0 Å². The number of aryl methyl sites for hydroxylation is 3. The highest BCUT2D eigenvalue weighted by atomic mass is 19.4. The molecule has 4 heterocycles. The summed E-state index contributed by atoms with van der Waals surface area (Å²) < 4.78 is 45.3. The third kappa shape index (κ3) is 4.21. The quantitative estimate of drug-likeness (QED) is 0.585. The van der Waals surface area contributed by atoms with Crippen molar-refractivity contribution in [3.8, 4) is 0 Å². The fraction of sp³-hybridized carbons (Fsp3) is 0.545. The second-order valence-corrected chi connectivity index (χ2v) is 8.82. The number of hydrogen-bond acceptors (Lipinski definition) is 8. The van der Waals surface area contributed by atoms with Crippen LogP contribution in [-0.2, 0) is 4.74 Å². The van der Waals surface area contributed by atoms with Gasteiger partial charge in [0, 0.05) is 18.0 Å². The van der Waals surface area contributed by atoms with Crippen LogP contribution in [-0.4, -0.2) is 56.0 Å². The molecule has 3 aromatic rings. The molecule has 33 heavy (non-hydrogen) atoms. The van der Waals surface area contributed by atoms with Crippen LogP contribution in [0.2, 0.25) is 0 Å². The van der Waals surface area contributed by atoms with Gasteiger partial charge in [-0.05, 0) is 39.7 Å². The summed E-state index contributed by atoms with van der Waals surface area (Å²) in [6.07, 6.45) is -2.72. The maximum atomic E-state index is 13.1. The van der Waals surface area contributed by atoms with E-state index in [9.17, 15) is 13.2 Å². The van der Waals surface area contributed by atoms with Gasteiger partial charge in [0.25, 0.3) is 0 Å². The monoisotopic (exact) mass is 459 g/mol. The van der Waals surface area contributed by atoms with E-state index in [-0.39, 0.29) is 24.9 Å². The lowest BCUT2D eigenvalue weighted by Gasteiger charge is -2.37. The van der Waals surface area contributed by atoms with E-state index in [0.29, 0.717) is 42.5 Å². The third-order valence-corrected chi connectivity index (χ3v) is 6.46. The Bertz CT molecular complexity index is 1200. The van der Waals surface area contributed by atoms with Gasteiger partial charge in [0.2, 0.25) is 5.95 Å². The van der Waals surface area contributed by atoms with E-state index in [1.165, 1.54) is 0 Å². The van der Waals surface area contributed by atoms with Crippen LogP contribution < -0.4 is 4.90 Å². The Labute approximate surface area is 188 Å². The number of rotatable bonds is 3. The topological polar surface area (TPSA) is 89.8 Å². The minimum absolute atomic E-state index is 0.0113. The second-order valence-electron chi connectivity index (χ2n) is 8.82. The van der Waals surface area contributed by atoms with Crippen molar-refractivity contribution in [3.05, 3.63) is 40.6 Å². The molecule has 1 saturated heterocycles. The molecule has 11 heteroatoms. The van der Waals surface area contributed by atoms with Gasteiger partial charge in [0.15, 0.2) is 5.65 Å². The van der Waals surface area contributed by atoms with Gasteiger partial charge in [-0.25, -0.2) is 15.0 Å². The first-order chi connectivity index (χ1) is 15.7. The molecule has 2 aliphatic rings. The molecule has 0 unspecified atom stereocenters. The standard InChI is InChI=1S/C22H24F3N7O/c1-11-6-15(9-26-31-11)17-10-32(4-5-33-17)21-29-18(14-7-16(8-14)22(23,24)25)19-20(30-21)28-13(3)12(2)27-19/h6,9,14,16-17H,4-5,7-8,10H2,1-3H3/t14-,16+,17-/m1/s1. The van der Waals surface area contributed by atoms with Crippen molar-refractivity contribution in [2.45, 2.75) is 51.8 Å². The summed E-state index contributed by atoms with van der Waals surface area (Å²) in [5, 5.41) is 8.00. The average molecular weight is 459 g/mol. The summed E-state index contributed by atoms with van der Waals surface area (Å²) in [6.45, 7) is 7.05. The molecule has 1 aliphatic carbocycles. The Morgan fingerprint density at radius 2 is 1.79 bits per heavy atom. The lowest BCUT2D eigenvalue weighted by molar-refractivity contribution is -0.197. The minimum Gasteiger partial charge on any atom is -0.370 e. The molecule has 8 nitrogen and oxygen atoms in total. The summed E-state index contributed by atoms with van der Waals surface area (Å²) in [6, 6.07) is 1.93. The van der Waals surface area contributed by atoms with Crippen LogP contribution in [0.5, 0.6) is 0 Å². The lowest BCUT2D eigenvalue weighted by atomic mass is 9.72. The predicted octanol–water partition coefficient (Wildman–Crippen LogP) is 3.77. The van der Waals surface area contributed by atoms with E-state index in [0.717, 1.165) is 22.6 Å². The van der Waals surface area contributed by atoms with Crippen molar-refractivity contribution in [1.29, 1.82) is 0 Å². The zero-order valence-corrected chi connectivity index (χ0v) is 18.6. The van der Waals surface area contributed by atoms with E-state index in [4.69, 9.17) is 9.72 Å². The summed E-state index contributed by atoms with van der Waals surface area (Å²) in [5.41, 5.74) is 4.62. The van der Waals surface area contributed by atoms with Gasteiger partial charge in [-0.1, -0.05) is 0 Å². The third-order valence-electron chi connectivity index (χ3n) is 6.46. The van der Waals surface area contributed by atoms with E-state index >= 15 is 0 Å². The van der Waals surface area contributed by atoms with Gasteiger partial charge in [0.05, 0.1) is 48.0 Å². The number of nitrogens with zero attached hydrogens (tertiary/aromatic N) is 7. The molecule has 1 aliphatic heterocycles. The first-order valence-corrected chi connectivity index (χ1v) is 10.9. The molecule has 174 valence electrons. The molecule has 0 amide bonds. The summed E-state index contributed by atoms with van der Waals surface area (Å²) >= 11 is 0. The predicted molar refractivity (Wildman–Crippen MR) is 114 cm³/mol. The zero-order chi connectivity index (χ0) is 23.3. The number of ether oxygens (including phenoxy) is 1. The Morgan fingerprint density at radius 1 is 1.03 bits per heavy atom. The maximum absolute atomic E-state index is 13.1. The van der Waals surface area contributed by atoms with Crippen LogP contribution in [0.25, 0.3) is 11.2 Å². The van der Waals surface area contributed by atoms with Crippen LogP contribution in [0, 0.1) is 26.7 Å². The van der Waals surface area contributed by atoms with Crippen LogP contribution in [0.1, 0.15) is 53.2 Å². The minimum atomic E-state index is -4.19. The normalized spacial score (nSPS) is 23.6. The number of anilines is 1. The van der Waals surface area contributed by atoms with Crippen molar-refractivity contribution in [3.63, 3.8) is 0 Å². The molecule has 0 bridgehead atoms. The zero-order valence-electron chi connectivity index (χ0n) is 18.6. The van der Waals surface area contributed by atoms with Gasteiger partial charge in [-0.2, -0.15) is 28.4 Å². The molecule has 2 fully saturated rings. The van der Waals surface area contributed by atoms with E-state index in [2.05, 4.69) is 25.1 Å². The molecular weight excluding hydrogens is 435 g/mol. The van der Waals surface area contributed by atoms with Crippen molar-refractivity contribution < 1.29 is 17.9 Å². The molecule has 0 radical (unpaired) electrons. The first-order valence-electron chi connectivity index (χ1n) is 10.9. The molecule has 0 N–H and O–H groups in total. The summed E-state index contributed by atoms with van der Waals surface area (Å²) in [4.78, 5) is 20.6. The second kappa shape index (κ2) is 8.12. The summed E-state index contributed by atoms with van der Waals surface area (Å²) in [5.74, 6) is -1.18. The maximum Gasteiger partial charge on any atom is 0.391 e. The molecule has 1 atom stereocenters. The Hall–Kier alpha value is -2.95. The van der Waals surface area contributed by atoms with Crippen molar-refractivity contribution in [2.75, 3.05) is 24.6 Å². The van der Waals surface area contributed by atoms with Gasteiger partial charge in [-0.3, -0.25) is 0 Å². The molecule has 0 aromatic carbocycles. The number of hydrogen-bond donors (Lipinski definition) is 0. The molecular formula is C22H24F3N7O. The molecule has 1 saturated carbocycles. The fourth-order valence-electron chi connectivity index (χ4n) is 4.36. The van der Waals surface area contributed by atoms with E-state index < -0.39 is 12.1 Å². The van der Waals surface area contributed by atoms with Crippen LogP contribution in [0.15, 0.2) is 12.3 Å². The Balaban J connectivity index is 1.50. The highest BCUT2D eigenvalue weighted by molar-refractivity contribution is 5.75. The van der Waals surface area contributed by atoms with E-state index in [1.807, 2.05) is 31.7 Å². The molecule has 0 spiro atoms. The van der Waals surface area contributed by atoms with Crippen molar-refractivity contribution in [2.24, 2.45) is 5.92 Å². The smallest absolute Gasteiger partial charge is 0.370 e. The average Bonchev–Trinajstić information content (AvgIpc) is 2.73. The van der Waals surface area contributed by atoms with Gasteiger partial charge in [0.1, 0.15) is 11.6 Å². The number of fused-ring (bicyclic) bond motifs is 1. The first kappa shape index (κ1) is 21.9. The SMILES string of the molecule is Cc1cc([C@H]2CN(c3nc4nc(C)c(C)nc4c([C@H]4C[C@@H](C(F)(F)F)C4)n3)CCO2)cnn1. The number of halogens is 3.